The lowest BCUT2D eigenvalue weighted by Gasteiger charge is -2.13. The third kappa shape index (κ3) is 3.66. The fourth-order valence-electron chi connectivity index (χ4n) is 2.81. The van der Waals surface area contributed by atoms with Gasteiger partial charge in [-0.05, 0) is 47.6 Å². The number of methoxy groups -OCH3 is 1. The topological polar surface area (TPSA) is 55.8 Å². The van der Waals surface area contributed by atoms with Crippen molar-refractivity contribution in [3.05, 3.63) is 65.7 Å². The number of allylic oxidation sites excluding steroid dienone is 1. The maximum atomic E-state index is 12.0. The SMILES string of the molecule is COCOc1ccc(/C(C(=O)O)=C(/c2ccccc2)C2CC2)cc1. The minimum atomic E-state index is -0.897. The van der Waals surface area contributed by atoms with Gasteiger partial charge in [-0.15, -0.1) is 0 Å². The average Bonchev–Trinajstić information content (AvgIpc) is 3.43. The lowest BCUT2D eigenvalue weighted by molar-refractivity contribution is -0.130. The monoisotopic (exact) mass is 324 g/mol. The summed E-state index contributed by atoms with van der Waals surface area (Å²) in [6.07, 6.45) is 2.08. The van der Waals surface area contributed by atoms with Crippen LogP contribution in [0.4, 0.5) is 0 Å². The molecule has 1 fully saturated rings. The highest BCUT2D eigenvalue weighted by Gasteiger charge is 2.32. The van der Waals surface area contributed by atoms with Crippen molar-refractivity contribution in [1.29, 1.82) is 0 Å². The Morgan fingerprint density at radius 1 is 1.04 bits per heavy atom. The minimum absolute atomic E-state index is 0.165. The summed E-state index contributed by atoms with van der Waals surface area (Å²) >= 11 is 0. The quantitative estimate of drug-likeness (QED) is 0.474. The molecule has 0 amide bonds. The van der Waals surface area contributed by atoms with Gasteiger partial charge >= 0.3 is 5.97 Å². The van der Waals surface area contributed by atoms with Gasteiger partial charge in [0.1, 0.15) is 5.75 Å². The lowest BCUT2D eigenvalue weighted by atomic mass is 9.91. The van der Waals surface area contributed by atoms with Gasteiger partial charge < -0.3 is 14.6 Å². The van der Waals surface area contributed by atoms with E-state index in [1.807, 2.05) is 30.3 Å². The molecule has 24 heavy (non-hydrogen) atoms. The zero-order chi connectivity index (χ0) is 16.9. The summed E-state index contributed by atoms with van der Waals surface area (Å²) in [5, 5.41) is 9.84. The molecule has 1 aliphatic carbocycles. The minimum Gasteiger partial charge on any atom is -0.478 e. The van der Waals surface area contributed by atoms with Gasteiger partial charge in [0.2, 0.25) is 0 Å². The number of ether oxygens (including phenoxy) is 2. The second kappa shape index (κ2) is 7.32. The number of carbonyl (C=O) groups is 1. The van der Waals surface area contributed by atoms with Gasteiger partial charge in [-0.2, -0.15) is 0 Å². The molecule has 0 unspecified atom stereocenters. The molecule has 0 aliphatic heterocycles. The molecule has 0 bridgehead atoms. The molecule has 2 aromatic carbocycles. The van der Waals surface area contributed by atoms with Crippen molar-refractivity contribution in [2.75, 3.05) is 13.9 Å². The first-order valence-electron chi connectivity index (χ1n) is 7.95. The molecule has 0 spiro atoms. The van der Waals surface area contributed by atoms with Crippen molar-refractivity contribution < 1.29 is 19.4 Å². The average molecular weight is 324 g/mol. The smallest absolute Gasteiger partial charge is 0.336 e. The van der Waals surface area contributed by atoms with Crippen LogP contribution >= 0.6 is 0 Å². The molecule has 4 heteroatoms. The van der Waals surface area contributed by atoms with Crippen LogP contribution in [0.1, 0.15) is 24.0 Å². The highest BCUT2D eigenvalue weighted by atomic mass is 16.7. The highest BCUT2D eigenvalue weighted by molar-refractivity contribution is 6.24. The Kier molecular flexibility index (Phi) is 4.96. The summed E-state index contributed by atoms with van der Waals surface area (Å²) in [5.41, 5.74) is 2.98. The molecule has 2 aromatic rings. The molecule has 1 aliphatic rings. The first-order chi connectivity index (χ1) is 11.7. The van der Waals surface area contributed by atoms with E-state index in [1.165, 1.54) is 0 Å². The molecular weight excluding hydrogens is 304 g/mol. The summed E-state index contributed by atoms with van der Waals surface area (Å²) < 4.78 is 10.2. The van der Waals surface area contributed by atoms with Crippen molar-refractivity contribution in [1.82, 2.24) is 0 Å². The number of aliphatic carboxylic acids is 1. The van der Waals surface area contributed by atoms with Crippen LogP contribution in [0.25, 0.3) is 11.1 Å². The van der Waals surface area contributed by atoms with Crippen LogP contribution in [0.2, 0.25) is 0 Å². The van der Waals surface area contributed by atoms with Gasteiger partial charge in [-0.3, -0.25) is 0 Å². The van der Waals surface area contributed by atoms with E-state index in [9.17, 15) is 9.90 Å². The Bertz CT molecular complexity index is 728. The van der Waals surface area contributed by atoms with Crippen molar-refractivity contribution >= 4 is 17.1 Å². The van der Waals surface area contributed by atoms with Gasteiger partial charge in [-0.1, -0.05) is 42.5 Å². The van der Waals surface area contributed by atoms with E-state index in [-0.39, 0.29) is 6.79 Å². The van der Waals surface area contributed by atoms with Crippen LogP contribution in [-0.4, -0.2) is 25.0 Å². The fraction of sp³-hybridized carbons (Fsp3) is 0.250. The van der Waals surface area contributed by atoms with Crippen LogP contribution in [-0.2, 0) is 9.53 Å². The summed E-state index contributed by atoms with van der Waals surface area (Å²) in [7, 11) is 1.56. The lowest BCUT2D eigenvalue weighted by Crippen LogP contribution is -2.05. The Labute approximate surface area is 141 Å². The third-order valence-corrected chi connectivity index (χ3v) is 4.04. The van der Waals surface area contributed by atoms with Crippen molar-refractivity contribution in [3.63, 3.8) is 0 Å². The van der Waals surface area contributed by atoms with E-state index in [2.05, 4.69) is 0 Å². The standard InChI is InChI=1S/C20H20O4/c1-23-13-24-17-11-9-16(10-12-17)19(20(21)22)18(15-7-8-15)14-5-3-2-4-6-14/h2-6,9-12,15H,7-8,13H2,1H3,(H,21,22)/b19-18+. The second-order valence-corrected chi connectivity index (χ2v) is 5.81. The van der Waals surface area contributed by atoms with Crippen molar-refractivity contribution in [2.24, 2.45) is 5.92 Å². The summed E-state index contributed by atoms with van der Waals surface area (Å²) in [5.74, 6) is 0.0762. The van der Waals surface area contributed by atoms with Gasteiger partial charge in [0.15, 0.2) is 6.79 Å². The van der Waals surface area contributed by atoms with E-state index >= 15 is 0 Å². The predicted octanol–water partition coefficient (Wildman–Crippen LogP) is 4.07. The first-order valence-corrected chi connectivity index (χ1v) is 7.95. The Hall–Kier alpha value is -2.59. The highest BCUT2D eigenvalue weighted by Crippen LogP contribution is 2.45. The molecule has 1 N–H and O–H groups in total. The van der Waals surface area contributed by atoms with Crippen LogP contribution in [0.15, 0.2) is 54.6 Å². The van der Waals surface area contributed by atoms with Crippen LogP contribution < -0.4 is 4.74 Å². The number of rotatable bonds is 7. The van der Waals surface area contributed by atoms with Crippen LogP contribution in [0, 0.1) is 5.92 Å². The normalized spacial score (nSPS) is 14.9. The van der Waals surface area contributed by atoms with E-state index in [1.54, 1.807) is 31.4 Å². The first kappa shape index (κ1) is 16.3. The largest absolute Gasteiger partial charge is 0.478 e. The van der Waals surface area contributed by atoms with E-state index in [0.717, 1.165) is 24.0 Å². The zero-order valence-electron chi connectivity index (χ0n) is 13.6. The van der Waals surface area contributed by atoms with E-state index < -0.39 is 5.97 Å². The summed E-state index contributed by atoms with van der Waals surface area (Å²) in [6, 6.07) is 16.9. The van der Waals surface area contributed by atoms with Crippen LogP contribution in [0.3, 0.4) is 0 Å². The fourth-order valence-corrected chi connectivity index (χ4v) is 2.81. The van der Waals surface area contributed by atoms with E-state index in [4.69, 9.17) is 9.47 Å². The maximum absolute atomic E-state index is 12.0. The van der Waals surface area contributed by atoms with Gasteiger partial charge in [0.25, 0.3) is 0 Å². The van der Waals surface area contributed by atoms with Gasteiger partial charge in [0, 0.05) is 7.11 Å². The predicted molar refractivity (Wildman–Crippen MR) is 92.6 cm³/mol. The van der Waals surface area contributed by atoms with Gasteiger partial charge in [-0.25, -0.2) is 4.79 Å². The molecule has 0 saturated heterocycles. The Balaban J connectivity index is 2.03. The summed E-state index contributed by atoms with van der Waals surface area (Å²) in [6.45, 7) is 0.165. The third-order valence-electron chi connectivity index (χ3n) is 4.04. The maximum Gasteiger partial charge on any atom is 0.336 e. The molecule has 0 atom stereocenters. The van der Waals surface area contributed by atoms with Crippen molar-refractivity contribution in [3.8, 4) is 5.75 Å². The number of carboxylic acids is 1. The molecule has 0 radical (unpaired) electrons. The zero-order valence-corrected chi connectivity index (χ0v) is 13.6. The number of carboxylic acid groups (broad SMARTS) is 1. The molecule has 124 valence electrons. The molecule has 0 aromatic heterocycles. The number of benzene rings is 2. The van der Waals surface area contributed by atoms with E-state index in [0.29, 0.717) is 22.8 Å². The molecule has 1 saturated carbocycles. The molecular formula is C20H20O4. The molecule has 4 nitrogen and oxygen atoms in total. The Morgan fingerprint density at radius 3 is 2.25 bits per heavy atom. The Morgan fingerprint density at radius 2 is 1.71 bits per heavy atom. The van der Waals surface area contributed by atoms with Crippen molar-refractivity contribution in [2.45, 2.75) is 12.8 Å². The van der Waals surface area contributed by atoms with Gasteiger partial charge in [0.05, 0.1) is 5.57 Å². The molecule has 3 rings (SSSR count). The van der Waals surface area contributed by atoms with Crippen LogP contribution in [0.5, 0.6) is 5.75 Å². The number of hydrogen-bond donors (Lipinski definition) is 1. The summed E-state index contributed by atoms with van der Waals surface area (Å²) in [4.78, 5) is 12.0. The molecule has 0 heterocycles. The second-order valence-electron chi connectivity index (χ2n) is 5.81. The number of hydrogen-bond acceptors (Lipinski definition) is 3.